The average molecular weight is 990 g/mol. The number of amides is 2. The summed E-state index contributed by atoms with van der Waals surface area (Å²) in [5.74, 6) is -0.447. The molecule has 4 aliphatic rings. The lowest BCUT2D eigenvalue weighted by Gasteiger charge is -2.21. The number of benzene rings is 3. The summed E-state index contributed by atoms with van der Waals surface area (Å²) < 4.78 is 77.9. The van der Waals surface area contributed by atoms with Crippen LogP contribution in [0.2, 0.25) is 0 Å². The number of aromatic nitrogens is 4. The molecular formula is C45H71N11O8S3. The Hall–Kier alpha value is -5.15. The first kappa shape index (κ1) is 59.9. The lowest BCUT2D eigenvalue weighted by atomic mass is 10.2. The Labute approximate surface area is 398 Å². The fraction of sp³-hybridized carbons (Fsp3) is 0.511. The van der Waals surface area contributed by atoms with E-state index in [-0.39, 0.29) is 65.0 Å². The molecule has 2 amide bonds. The maximum absolute atomic E-state index is 12.5. The van der Waals surface area contributed by atoms with Gasteiger partial charge in [-0.05, 0) is 74.6 Å². The van der Waals surface area contributed by atoms with E-state index in [1.54, 1.807) is 36.4 Å². The van der Waals surface area contributed by atoms with E-state index >= 15 is 0 Å². The highest BCUT2D eigenvalue weighted by Crippen LogP contribution is 2.33. The Bertz CT molecular complexity index is 2440. The second kappa shape index (κ2) is 28.2. The molecule has 0 bridgehead atoms. The summed E-state index contributed by atoms with van der Waals surface area (Å²) in [5.41, 5.74) is 12.5. The molecule has 372 valence electrons. The van der Waals surface area contributed by atoms with Crippen LogP contribution in [-0.4, -0.2) is 115 Å². The van der Waals surface area contributed by atoms with Crippen LogP contribution in [0.4, 0.5) is 0 Å². The molecule has 4 aliphatic heterocycles. The second-order valence-electron chi connectivity index (χ2n) is 15.4. The Morgan fingerprint density at radius 3 is 1.48 bits per heavy atom. The van der Waals surface area contributed by atoms with E-state index in [4.69, 9.17) is 16.7 Å². The van der Waals surface area contributed by atoms with Crippen LogP contribution in [0.5, 0.6) is 0 Å². The summed E-state index contributed by atoms with van der Waals surface area (Å²) in [6.45, 7) is 2.29. The van der Waals surface area contributed by atoms with E-state index in [1.165, 1.54) is 12.9 Å². The SMILES string of the molecule is C.C.C.C.N#CC1CCCN1S(=O)(=O)Cc1ccccc1.NC(=O)C1CCCN1.NC(=O)C1CCCN1S(=O)(=O)Cc1ccccc1.O=S(=O)(Cc1ccccc1)N1CCC[C@H]1c1nn[nH]n1. The topological polar surface area (TPSA) is 289 Å². The van der Waals surface area contributed by atoms with Crippen LogP contribution in [0.1, 0.15) is 110 Å². The van der Waals surface area contributed by atoms with Gasteiger partial charge in [0.1, 0.15) is 12.1 Å². The monoisotopic (exact) mass is 989 g/mol. The number of nitriles is 1. The summed E-state index contributed by atoms with van der Waals surface area (Å²) >= 11 is 0. The molecule has 19 nitrogen and oxygen atoms in total. The highest BCUT2D eigenvalue weighted by molar-refractivity contribution is 7.88. The average Bonchev–Trinajstić information content (AvgIpc) is 4.11. The van der Waals surface area contributed by atoms with Crippen LogP contribution in [0, 0.1) is 11.3 Å². The minimum Gasteiger partial charge on any atom is -0.368 e. The summed E-state index contributed by atoms with van der Waals surface area (Å²) in [5, 5.41) is 25.6. The van der Waals surface area contributed by atoms with Crippen molar-refractivity contribution in [2.75, 3.05) is 26.2 Å². The third kappa shape index (κ3) is 17.5. The molecule has 4 fully saturated rings. The van der Waals surface area contributed by atoms with Crippen molar-refractivity contribution >= 4 is 41.9 Å². The Morgan fingerprint density at radius 1 is 0.612 bits per heavy atom. The number of tetrazole rings is 1. The molecule has 6 N–H and O–H groups in total. The molecule has 0 radical (unpaired) electrons. The van der Waals surface area contributed by atoms with Crippen LogP contribution in [0.3, 0.4) is 0 Å². The van der Waals surface area contributed by atoms with Gasteiger partial charge in [-0.25, -0.2) is 25.3 Å². The number of hydrogen-bond acceptors (Lipinski definition) is 13. The van der Waals surface area contributed by atoms with Crippen LogP contribution in [0.15, 0.2) is 91.0 Å². The Morgan fingerprint density at radius 2 is 1.06 bits per heavy atom. The normalized spacial score (nSPS) is 20.5. The minimum absolute atomic E-state index is 0. The lowest BCUT2D eigenvalue weighted by Crippen LogP contribution is -2.44. The van der Waals surface area contributed by atoms with Crippen LogP contribution in [0.25, 0.3) is 0 Å². The third-order valence-corrected chi connectivity index (χ3v) is 16.3. The smallest absolute Gasteiger partial charge is 0.235 e. The zero-order valence-corrected chi connectivity index (χ0v) is 37.3. The fourth-order valence-corrected chi connectivity index (χ4v) is 13.0. The number of nitrogens with one attached hydrogen (secondary N) is 2. The summed E-state index contributed by atoms with van der Waals surface area (Å²) in [6.07, 6.45) is 6.14. The molecule has 0 spiro atoms. The number of primary amides is 2. The number of carbonyl (C=O) groups excluding carboxylic acids is 2. The summed E-state index contributed by atoms with van der Waals surface area (Å²) in [7, 11) is -10.2. The predicted molar refractivity (Wildman–Crippen MR) is 261 cm³/mol. The molecule has 8 rings (SSSR count). The van der Waals surface area contributed by atoms with E-state index < -0.39 is 48.1 Å². The van der Waals surface area contributed by atoms with E-state index in [2.05, 4.69) is 32.0 Å². The number of H-pyrrole nitrogens is 1. The van der Waals surface area contributed by atoms with Crippen molar-refractivity contribution in [3.63, 3.8) is 0 Å². The quantitative estimate of drug-likeness (QED) is 0.151. The van der Waals surface area contributed by atoms with Crippen molar-refractivity contribution in [3.8, 4) is 6.07 Å². The molecule has 1 aromatic heterocycles. The third-order valence-electron chi connectivity index (χ3n) is 10.8. The van der Waals surface area contributed by atoms with Gasteiger partial charge in [-0.3, -0.25) is 9.59 Å². The second-order valence-corrected chi connectivity index (χ2v) is 21.1. The van der Waals surface area contributed by atoms with Gasteiger partial charge in [0.05, 0.1) is 35.4 Å². The standard InChI is InChI=1S/C12H15N5O2S.C12H16N2O3S.C12H14N2O2S.C5H10N2O.4CH4/c18-20(19,9-10-5-2-1-3-6-10)17-8-4-7-11(17)12-13-15-16-14-12;13-12(15)11-7-4-8-14(11)18(16,17)9-10-5-2-1-3-6-10;13-9-12-7-4-8-14(12)17(15,16)10-11-5-2-1-3-6-11;6-5(8)4-2-1-3-7-4;;;;/h1-3,5-6,11H,4,7-9H2,(H,13,14,15,16);1-3,5-6,11H,4,7-9H2,(H2,13,15);1-3,5-6,12H,4,7-8,10H2;4,7H,1-3H2,(H2,6,8);4*1H4/t11-;;;;;;;/m0......./s1. The van der Waals surface area contributed by atoms with Gasteiger partial charge < -0.3 is 16.8 Å². The molecule has 3 unspecified atom stereocenters. The van der Waals surface area contributed by atoms with Crippen molar-refractivity contribution in [1.82, 2.24) is 38.9 Å². The lowest BCUT2D eigenvalue weighted by molar-refractivity contribution is -0.121. The number of nitrogens with two attached hydrogens (primary N) is 2. The fourth-order valence-electron chi connectivity index (χ4n) is 7.73. The predicted octanol–water partition coefficient (Wildman–Crippen LogP) is 4.61. The van der Waals surface area contributed by atoms with Crippen molar-refractivity contribution in [3.05, 3.63) is 114 Å². The number of aromatic amines is 1. The first-order chi connectivity index (χ1) is 30.1. The van der Waals surface area contributed by atoms with Crippen molar-refractivity contribution in [2.24, 2.45) is 11.5 Å². The molecule has 4 atom stereocenters. The van der Waals surface area contributed by atoms with E-state index in [0.717, 1.165) is 49.8 Å². The number of carbonyl (C=O) groups is 2. The van der Waals surface area contributed by atoms with E-state index in [1.807, 2.05) is 54.6 Å². The van der Waals surface area contributed by atoms with Gasteiger partial charge in [0.2, 0.25) is 41.9 Å². The number of rotatable bonds is 12. The Kier molecular flexibility index (Phi) is 25.2. The molecule has 4 aromatic rings. The maximum Gasteiger partial charge on any atom is 0.235 e. The van der Waals surface area contributed by atoms with Crippen LogP contribution in [-0.2, 0) is 56.9 Å². The largest absolute Gasteiger partial charge is 0.368 e. The highest BCUT2D eigenvalue weighted by atomic mass is 32.2. The molecule has 5 heterocycles. The number of hydrogen-bond donors (Lipinski definition) is 4. The molecular weight excluding hydrogens is 919 g/mol. The zero-order valence-electron chi connectivity index (χ0n) is 34.9. The molecule has 3 aromatic carbocycles. The van der Waals surface area contributed by atoms with Crippen molar-refractivity contribution in [2.45, 2.75) is 122 Å². The number of nitrogens with zero attached hydrogens (tertiary/aromatic N) is 7. The maximum atomic E-state index is 12.5. The van der Waals surface area contributed by atoms with Crippen LogP contribution < -0.4 is 16.8 Å². The first-order valence-corrected chi connectivity index (χ1v) is 25.5. The van der Waals surface area contributed by atoms with Gasteiger partial charge in [0.25, 0.3) is 0 Å². The highest BCUT2D eigenvalue weighted by Gasteiger charge is 2.39. The molecule has 22 heteroatoms. The van der Waals surface area contributed by atoms with E-state index in [0.29, 0.717) is 50.3 Å². The van der Waals surface area contributed by atoms with Gasteiger partial charge in [0, 0.05) is 19.6 Å². The molecule has 4 saturated heterocycles. The van der Waals surface area contributed by atoms with Gasteiger partial charge in [-0.1, -0.05) is 126 Å². The van der Waals surface area contributed by atoms with Gasteiger partial charge in [-0.2, -0.15) is 23.4 Å². The van der Waals surface area contributed by atoms with Crippen LogP contribution >= 0.6 is 0 Å². The number of sulfonamides is 3. The van der Waals surface area contributed by atoms with E-state index in [9.17, 15) is 34.8 Å². The molecule has 0 aliphatic carbocycles. The first-order valence-electron chi connectivity index (χ1n) is 20.7. The Balaban J connectivity index is 0.000000453. The molecule has 67 heavy (non-hydrogen) atoms. The zero-order chi connectivity index (χ0) is 45.5. The van der Waals surface area contributed by atoms with Gasteiger partial charge in [-0.15, -0.1) is 10.2 Å². The van der Waals surface area contributed by atoms with Crippen molar-refractivity contribution < 1.29 is 34.8 Å². The minimum atomic E-state index is -3.47. The van der Waals surface area contributed by atoms with Gasteiger partial charge in [0.15, 0.2) is 5.82 Å². The van der Waals surface area contributed by atoms with Gasteiger partial charge >= 0.3 is 0 Å². The molecule has 0 saturated carbocycles. The van der Waals surface area contributed by atoms with Crippen molar-refractivity contribution in [1.29, 1.82) is 5.26 Å². The summed E-state index contributed by atoms with van der Waals surface area (Å²) in [4.78, 5) is 21.6. The summed E-state index contributed by atoms with van der Waals surface area (Å²) in [6, 6.07) is 27.7.